The number of methoxy groups -OCH3 is 1. The number of nitrogens with zero attached hydrogens (tertiary/aromatic N) is 2. The van der Waals surface area contributed by atoms with Crippen LogP contribution in [0.3, 0.4) is 0 Å². The predicted molar refractivity (Wildman–Crippen MR) is 117 cm³/mol. The highest BCUT2D eigenvalue weighted by molar-refractivity contribution is 7.86. The zero-order valence-electron chi connectivity index (χ0n) is 17.9. The van der Waals surface area contributed by atoms with Crippen LogP contribution in [0.5, 0.6) is 5.75 Å². The molecule has 6 nitrogen and oxygen atoms in total. The minimum atomic E-state index is -6.09. The smallest absolute Gasteiger partial charge is 0.485 e. The topological polar surface area (TPSA) is 73.5 Å². The van der Waals surface area contributed by atoms with Gasteiger partial charge in [0, 0.05) is 43.4 Å². The second-order valence-corrected chi connectivity index (χ2v) is 8.33. The van der Waals surface area contributed by atoms with Crippen LogP contribution in [0, 0.1) is 0 Å². The molecule has 0 unspecified atom stereocenters. The average Bonchev–Trinajstić information content (AvgIpc) is 2.72. The Balaban J connectivity index is 0.000000390. The summed E-state index contributed by atoms with van der Waals surface area (Å²) in [6, 6.07) is 18.9. The first-order valence-electron chi connectivity index (χ1n) is 9.28. The summed E-state index contributed by atoms with van der Waals surface area (Å²) in [5.41, 5.74) is -0.899. The van der Waals surface area contributed by atoms with Crippen molar-refractivity contribution in [2.45, 2.75) is 5.51 Å². The molecule has 0 spiro atoms. The second kappa shape index (κ2) is 10.0. The minimum Gasteiger partial charge on any atom is -0.741 e. The molecule has 2 aromatic carbocycles. The van der Waals surface area contributed by atoms with Crippen LogP contribution in [-0.4, -0.2) is 39.7 Å². The summed E-state index contributed by atoms with van der Waals surface area (Å²) < 4.78 is 66.3. The summed E-state index contributed by atoms with van der Waals surface area (Å²) in [5.74, 6) is 0.875. The number of anilines is 1. The van der Waals surface area contributed by atoms with Gasteiger partial charge in [0.1, 0.15) is 12.8 Å². The number of pyridine rings is 1. The molecule has 0 atom stereocenters. The van der Waals surface area contributed by atoms with Gasteiger partial charge in [-0.3, -0.25) is 0 Å². The van der Waals surface area contributed by atoms with Crippen LogP contribution in [-0.2, 0) is 17.2 Å². The number of aromatic nitrogens is 1. The van der Waals surface area contributed by atoms with Crippen LogP contribution in [0.25, 0.3) is 23.1 Å². The molecule has 0 fully saturated rings. The Morgan fingerprint density at radius 2 is 1.59 bits per heavy atom. The van der Waals surface area contributed by atoms with Gasteiger partial charge in [-0.2, -0.15) is 17.7 Å². The number of hydrogen-bond donors (Lipinski definition) is 0. The van der Waals surface area contributed by atoms with Crippen LogP contribution >= 0.6 is 0 Å². The molecule has 32 heavy (non-hydrogen) atoms. The fraction of sp³-hybridized carbons (Fsp3) is 0.227. The highest BCUT2D eigenvalue weighted by Gasteiger charge is 2.36. The molecule has 3 rings (SSSR count). The lowest BCUT2D eigenvalue weighted by atomic mass is 10.1. The zero-order chi connectivity index (χ0) is 24.1. The Morgan fingerprint density at radius 1 is 1.00 bits per heavy atom. The highest BCUT2D eigenvalue weighted by atomic mass is 32.2. The SMILES string of the molecule is COc1ccc(C=Cc2ccc3cc(N(C)C)ccc3[n+]2C)cc1.O=S(=O)([O-])C(F)(F)F. The van der Waals surface area contributed by atoms with Gasteiger partial charge >= 0.3 is 5.51 Å². The maximum absolute atomic E-state index is 10.7. The van der Waals surface area contributed by atoms with Crippen molar-refractivity contribution in [3.63, 3.8) is 0 Å². The number of aryl methyl sites for hydroxylation is 1. The summed E-state index contributed by atoms with van der Waals surface area (Å²) in [5, 5.41) is 1.24. The fourth-order valence-corrected chi connectivity index (χ4v) is 2.75. The summed E-state index contributed by atoms with van der Waals surface area (Å²) in [7, 11) is 1.82. The number of alkyl halides is 3. The number of hydrogen-bond acceptors (Lipinski definition) is 5. The van der Waals surface area contributed by atoms with E-state index in [-0.39, 0.29) is 0 Å². The monoisotopic (exact) mass is 468 g/mol. The van der Waals surface area contributed by atoms with E-state index in [1.165, 1.54) is 16.6 Å². The molecule has 0 radical (unpaired) electrons. The molecule has 0 amide bonds. The molecule has 10 heteroatoms. The molecule has 0 aliphatic heterocycles. The molecule has 3 aromatic rings. The molecule has 0 N–H and O–H groups in total. The molecule has 0 saturated heterocycles. The fourth-order valence-electron chi connectivity index (χ4n) is 2.75. The van der Waals surface area contributed by atoms with Gasteiger partial charge in [0.2, 0.25) is 11.2 Å². The normalized spacial score (nSPS) is 11.9. The number of benzene rings is 2. The average molecular weight is 468 g/mol. The van der Waals surface area contributed by atoms with E-state index in [1.54, 1.807) is 7.11 Å². The third kappa shape index (κ3) is 6.44. The van der Waals surface area contributed by atoms with Gasteiger partial charge < -0.3 is 14.2 Å². The molecule has 0 aliphatic rings. The largest absolute Gasteiger partial charge is 0.741 e. The van der Waals surface area contributed by atoms with Gasteiger partial charge in [-0.25, -0.2) is 8.42 Å². The highest BCUT2D eigenvalue weighted by Crippen LogP contribution is 2.21. The maximum Gasteiger partial charge on any atom is 0.485 e. The van der Waals surface area contributed by atoms with Crippen molar-refractivity contribution in [3.05, 3.63) is 65.9 Å². The summed E-state index contributed by atoms with van der Waals surface area (Å²) in [6.07, 6.45) is 4.26. The lowest BCUT2D eigenvalue weighted by molar-refractivity contribution is -0.646. The van der Waals surface area contributed by atoms with E-state index < -0.39 is 15.6 Å². The summed E-state index contributed by atoms with van der Waals surface area (Å²) in [4.78, 5) is 2.12. The van der Waals surface area contributed by atoms with E-state index in [1.807, 2.05) is 12.1 Å². The Bertz CT molecular complexity index is 1210. The lowest BCUT2D eigenvalue weighted by Crippen LogP contribution is -2.32. The Labute approximate surface area is 184 Å². The Morgan fingerprint density at radius 3 is 2.09 bits per heavy atom. The van der Waals surface area contributed by atoms with Crippen molar-refractivity contribution in [2.24, 2.45) is 7.05 Å². The molecule has 1 heterocycles. The Kier molecular flexibility index (Phi) is 7.87. The van der Waals surface area contributed by atoms with Crippen LogP contribution in [0.1, 0.15) is 11.3 Å². The number of ether oxygens (including phenoxy) is 1. The summed E-state index contributed by atoms with van der Waals surface area (Å²) in [6.45, 7) is 0. The van der Waals surface area contributed by atoms with Crippen molar-refractivity contribution in [2.75, 3.05) is 26.1 Å². The van der Waals surface area contributed by atoms with Crippen molar-refractivity contribution >= 4 is 38.9 Å². The lowest BCUT2D eigenvalue weighted by Gasteiger charge is -2.12. The number of halogens is 3. The first-order valence-corrected chi connectivity index (χ1v) is 10.7. The zero-order valence-corrected chi connectivity index (χ0v) is 18.7. The predicted octanol–water partition coefficient (Wildman–Crippen LogP) is 3.96. The second-order valence-electron chi connectivity index (χ2n) is 6.96. The van der Waals surface area contributed by atoms with Gasteiger partial charge in [-0.1, -0.05) is 12.1 Å². The van der Waals surface area contributed by atoms with Crippen LogP contribution in [0.4, 0.5) is 18.9 Å². The number of fused-ring (bicyclic) bond motifs is 1. The molecular formula is C22H23F3N2O4S. The number of rotatable bonds is 4. The van der Waals surface area contributed by atoms with E-state index >= 15 is 0 Å². The third-order valence-electron chi connectivity index (χ3n) is 4.56. The van der Waals surface area contributed by atoms with E-state index in [9.17, 15) is 13.2 Å². The Hall–Kier alpha value is -3.11. The van der Waals surface area contributed by atoms with Gasteiger partial charge in [-0.05, 0) is 42.0 Å². The minimum absolute atomic E-state index is 0.875. The van der Waals surface area contributed by atoms with E-state index in [4.69, 9.17) is 17.7 Å². The van der Waals surface area contributed by atoms with Crippen LogP contribution < -0.4 is 14.2 Å². The molecule has 172 valence electrons. The van der Waals surface area contributed by atoms with E-state index in [0.717, 1.165) is 17.0 Å². The van der Waals surface area contributed by atoms with Gasteiger partial charge in [0.15, 0.2) is 10.1 Å². The standard InChI is InChI=1S/C21H23N2O.CHF3O3S/c1-22(2)19-11-14-21-17(15-19)8-10-18(23(21)3)9-5-16-6-12-20(24-4)13-7-16;2-1(3,4)8(5,6)7/h5-15H,1-4H3;(H,5,6,7)/q+1;/p-1. The molecule has 1 aromatic heterocycles. The molecular weight excluding hydrogens is 445 g/mol. The van der Waals surface area contributed by atoms with Gasteiger partial charge in [-0.15, -0.1) is 0 Å². The van der Waals surface area contributed by atoms with Crippen LogP contribution in [0.2, 0.25) is 0 Å². The van der Waals surface area contributed by atoms with Gasteiger partial charge in [0.25, 0.3) is 0 Å². The van der Waals surface area contributed by atoms with E-state index in [2.05, 4.69) is 85.2 Å². The van der Waals surface area contributed by atoms with Gasteiger partial charge in [0.05, 0.1) is 7.11 Å². The maximum atomic E-state index is 10.7. The molecule has 0 saturated carbocycles. The first-order chi connectivity index (χ1) is 14.8. The van der Waals surface area contributed by atoms with Crippen molar-refractivity contribution in [1.82, 2.24) is 0 Å². The van der Waals surface area contributed by atoms with Crippen molar-refractivity contribution in [1.29, 1.82) is 0 Å². The molecule has 0 bridgehead atoms. The first kappa shape index (κ1) is 25.2. The molecule has 0 aliphatic carbocycles. The van der Waals surface area contributed by atoms with Crippen LogP contribution in [0.15, 0.2) is 54.6 Å². The third-order valence-corrected chi connectivity index (χ3v) is 5.12. The summed E-state index contributed by atoms with van der Waals surface area (Å²) >= 11 is 0. The van der Waals surface area contributed by atoms with Crippen molar-refractivity contribution < 1.29 is 35.4 Å². The van der Waals surface area contributed by atoms with E-state index in [0.29, 0.717) is 0 Å². The quantitative estimate of drug-likeness (QED) is 0.329. The van der Waals surface area contributed by atoms with Crippen molar-refractivity contribution in [3.8, 4) is 5.75 Å².